The number of rotatable bonds is 9. The van der Waals surface area contributed by atoms with E-state index >= 15 is 0 Å². The van der Waals surface area contributed by atoms with Crippen LogP contribution >= 0.6 is 0 Å². The van der Waals surface area contributed by atoms with Gasteiger partial charge in [0.2, 0.25) is 5.69 Å². The predicted molar refractivity (Wildman–Crippen MR) is 198 cm³/mol. The third-order valence-electron chi connectivity index (χ3n) is 8.75. The number of hydrogen-bond acceptors (Lipinski definition) is 3. The Bertz CT molecular complexity index is 1620. The number of nitrogens with zero attached hydrogens (tertiary/aromatic N) is 3. The third-order valence-corrected chi connectivity index (χ3v) is 8.75. The van der Waals surface area contributed by atoms with Crippen molar-refractivity contribution in [3.05, 3.63) is 130 Å². The van der Waals surface area contributed by atoms with Gasteiger partial charge in [-0.3, -0.25) is 10.1 Å². The van der Waals surface area contributed by atoms with E-state index in [0.717, 1.165) is 37.1 Å². The average molecular weight is 621 g/mol. The summed E-state index contributed by atoms with van der Waals surface area (Å²) in [6.45, 7) is 23.5. The lowest BCUT2D eigenvalue weighted by atomic mass is 9.81. The minimum absolute atomic E-state index is 0.0952. The summed E-state index contributed by atoms with van der Waals surface area (Å²) in [4.78, 5) is 13.5. The van der Waals surface area contributed by atoms with Crippen LogP contribution in [-0.4, -0.2) is 28.3 Å². The highest BCUT2D eigenvalue weighted by atomic mass is 16.6. The van der Waals surface area contributed by atoms with Crippen molar-refractivity contribution in [2.75, 3.05) is 18.0 Å². The fourth-order valence-corrected chi connectivity index (χ4v) is 6.57. The summed E-state index contributed by atoms with van der Waals surface area (Å²) in [5.41, 5.74) is 9.49. The lowest BCUT2D eigenvalue weighted by molar-refractivity contribution is -0.437. The minimum Gasteiger partial charge on any atom is -0.344 e. The minimum atomic E-state index is -0.345. The molecule has 0 N–H and O–H groups in total. The lowest BCUT2D eigenvalue weighted by Crippen LogP contribution is -2.27. The summed E-state index contributed by atoms with van der Waals surface area (Å²) in [5.74, 6) is 0. The van der Waals surface area contributed by atoms with E-state index in [-0.39, 0.29) is 21.4 Å². The van der Waals surface area contributed by atoms with E-state index in [1.54, 1.807) is 12.1 Å². The van der Waals surface area contributed by atoms with Gasteiger partial charge in [0.1, 0.15) is 6.54 Å². The smallest absolute Gasteiger partial charge is 0.269 e. The number of hydrogen-bond donors (Lipinski definition) is 0. The second kappa shape index (κ2) is 15.8. The molecule has 0 saturated carbocycles. The van der Waals surface area contributed by atoms with Gasteiger partial charge in [-0.25, -0.2) is 0 Å². The lowest BCUT2D eigenvalue weighted by Gasteiger charge is -2.26. The first-order chi connectivity index (χ1) is 22.1. The monoisotopic (exact) mass is 620 g/mol. The van der Waals surface area contributed by atoms with Crippen LogP contribution < -0.4 is 4.90 Å². The molecule has 2 aliphatic heterocycles. The molecular weight excluding hydrogens is 566 g/mol. The van der Waals surface area contributed by atoms with E-state index in [0.29, 0.717) is 0 Å². The first-order valence-electron chi connectivity index (χ1n) is 17.1. The summed E-state index contributed by atoms with van der Waals surface area (Å²) in [6, 6.07) is 24.3. The normalized spacial score (nSPS) is 16.9. The van der Waals surface area contributed by atoms with Crippen LogP contribution in [0.3, 0.4) is 0 Å². The van der Waals surface area contributed by atoms with Crippen molar-refractivity contribution < 1.29 is 9.50 Å². The molecule has 2 aliphatic rings. The Morgan fingerprint density at radius 2 is 1.43 bits per heavy atom. The van der Waals surface area contributed by atoms with Crippen molar-refractivity contribution in [3.8, 4) is 0 Å². The van der Waals surface area contributed by atoms with E-state index in [9.17, 15) is 10.1 Å². The number of non-ortho nitro benzene ring substituents is 1. The van der Waals surface area contributed by atoms with Crippen molar-refractivity contribution in [1.82, 2.24) is 0 Å². The van der Waals surface area contributed by atoms with Crippen LogP contribution in [0.5, 0.6) is 0 Å². The molecule has 0 saturated heterocycles. The van der Waals surface area contributed by atoms with Crippen LogP contribution in [0.25, 0.3) is 5.57 Å². The number of anilines is 1. The van der Waals surface area contributed by atoms with Gasteiger partial charge in [-0.1, -0.05) is 97.9 Å². The molecule has 0 radical (unpaired) electrons. The van der Waals surface area contributed by atoms with Crippen LogP contribution in [0, 0.1) is 10.1 Å². The topological polar surface area (TPSA) is 49.4 Å². The Morgan fingerprint density at radius 1 is 0.826 bits per heavy atom. The van der Waals surface area contributed by atoms with Crippen LogP contribution in [0.1, 0.15) is 98.8 Å². The van der Waals surface area contributed by atoms with Crippen molar-refractivity contribution in [1.29, 1.82) is 0 Å². The van der Waals surface area contributed by atoms with Gasteiger partial charge >= 0.3 is 0 Å². The summed E-state index contributed by atoms with van der Waals surface area (Å²) in [7, 11) is 0. The van der Waals surface area contributed by atoms with Gasteiger partial charge in [0, 0.05) is 59.6 Å². The van der Waals surface area contributed by atoms with Gasteiger partial charge in [0.15, 0.2) is 5.71 Å². The van der Waals surface area contributed by atoms with Crippen LogP contribution in [-0.2, 0) is 10.8 Å². The van der Waals surface area contributed by atoms with Gasteiger partial charge in [-0.15, -0.1) is 0 Å². The summed E-state index contributed by atoms with van der Waals surface area (Å²) in [5, 5.41) is 11.4. The number of benzene rings is 3. The van der Waals surface area contributed by atoms with Crippen molar-refractivity contribution in [2.45, 2.75) is 92.9 Å². The van der Waals surface area contributed by atoms with Gasteiger partial charge in [0.25, 0.3) is 5.69 Å². The quantitative estimate of drug-likeness (QED) is 0.103. The van der Waals surface area contributed by atoms with Gasteiger partial charge < -0.3 is 4.90 Å². The fourth-order valence-electron chi connectivity index (χ4n) is 6.57. The molecule has 0 aliphatic carbocycles. The molecule has 0 amide bonds. The largest absolute Gasteiger partial charge is 0.344 e. The summed E-state index contributed by atoms with van der Waals surface area (Å²) in [6.07, 6.45) is 11.0. The molecule has 3 aromatic rings. The molecule has 244 valence electrons. The zero-order valence-electron chi connectivity index (χ0n) is 29.7. The second-order valence-corrected chi connectivity index (χ2v) is 12.3. The molecule has 46 heavy (non-hydrogen) atoms. The van der Waals surface area contributed by atoms with E-state index < -0.39 is 0 Å². The van der Waals surface area contributed by atoms with Gasteiger partial charge in [-0.2, -0.15) is 4.58 Å². The highest BCUT2D eigenvalue weighted by Crippen LogP contribution is 2.48. The molecule has 5 heteroatoms. The SMILES string of the molecule is CC.CC.CCCN1/C(=C/C=C(/C=C/C2=[N+](CCC)c3ccccc3C2(C)C)c2ccc([N+](=O)[O-])cc2)C(C)(C)c2ccccc21. The Hall–Kier alpha value is -4.25. The molecule has 2 heterocycles. The van der Waals surface area contributed by atoms with Gasteiger partial charge in [0.05, 0.1) is 10.3 Å². The number of para-hydroxylation sites is 2. The maximum atomic E-state index is 11.4. The Balaban J connectivity index is 0.00000139. The van der Waals surface area contributed by atoms with Crippen LogP contribution in [0.2, 0.25) is 0 Å². The molecule has 5 rings (SSSR count). The average Bonchev–Trinajstić information content (AvgIpc) is 3.42. The Morgan fingerprint density at radius 3 is 2.04 bits per heavy atom. The molecule has 0 atom stereocenters. The summed E-state index contributed by atoms with van der Waals surface area (Å²) >= 11 is 0. The number of nitro benzene ring substituents is 1. The number of fused-ring (bicyclic) bond motifs is 2. The first-order valence-corrected chi connectivity index (χ1v) is 17.1. The van der Waals surface area contributed by atoms with Crippen molar-refractivity contribution in [3.63, 3.8) is 0 Å². The highest BCUT2D eigenvalue weighted by Gasteiger charge is 2.44. The zero-order chi connectivity index (χ0) is 34.1. The number of allylic oxidation sites excluding steroid dienone is 6. The molecule has 0 unspecified atom stereocenters. The third kappa shape index (κ3) is 7.09. The van der Waals surface area contributed by atoms with E-state index in [1.165, 1.54) is 33.9 Å². The molecule has 0 bridgehead atoms. The standard InChI is InChI=1S/C37H42N3O2.2C2H6/c1-7-25-38-32-15-11-9-13-30(32)36(3,4)34(38)23-19-28(27-17-21-29(22-18-27)40(41)42)20-24-35-37(5,6)31-14-10-12-16-33(31)39(35)26-8-2;2*1-2/h9-24H,7-8,25-26H2,1-6H3;2*1-2H3/q+1;;. The maximum Gasteiger partial charge on any atom is 0.269 e. The van der Waals surface area contributed by atoms with Crippen LogP contribution in [0.15, 0.2) is 103 Å². The highest BCUT2D eigenvalue weighted by molar-refractivity contribution is 6.04. The maximum absolute atomic E-state index is 11.4. The molecular formula is C41H54N3O2+. The Kier molecular flexibility index (Phi) is 12.5. The van der Waals surface area contributed by atoms with Gasteiger partial charge in [-0.05, 0) is 67.3 Å². The number of nitro groups is 1. The zero-order valence-corrected chi connectivity index (χ0v) is 29.7. The van der Waals surface area contributed by atoms with Crippen molar-refractivity contribution in [2.24, 2.45) is 0 Å². The predicted octanol–water partition coefficient (Wildman–Crippen LogP) is 11.2. The molecule has 3 aromatic carbocycles. The first kappa shape index (κ1) is 36.2. The Labute approximate surface area is 277 Å². The van der Waals surface area contributed by atoms with E-state index in [2.05, 4.69) is 124 Å². The van der Waals surface area contributed by atoms with Crippen molar-refractivity contribution >= 4 is 28.3 Å². The molecule has 0 fully saturated rings. The molecule has 0 spiro atoms. The fraction of sp³-hybridized carbons (Fsp3) is 0.390. The molecule has 5 nitrogen and oxygen atoms in total. The summed E-state index contributed by atoms with van der Waals surface area (Å²) < 4.78 is 2.44. The molecule has 0 aromatic heterocycles. The van der Waals surface area contributed by atoms with Crippen LogP contribution in [0.4, 0.5) is 17.1 Å². The van der Waals surface area contributed by atoms with E-state index in [1.807, 2.05) is 39.8 Å². The van der Waals surface area contributed by atoms with E-state index in [4.69, 9.17) is 0 Å². The second-order valence-electron chi connectivity index (χ2n) is 12.3.